The monoisotopic (exact) mass is 299 g/mol. The Morgan fingerprint density at radius 2 is 1.91 bits per heavy atom. The smallest absolute Gasteiger partial charge is 0.123 e. The van der Waals surface area contributed by atoms with Crippen LogP contribution in [0.5, 0.6) is 5.75 Å². The molecule has 2 nitrogen and oxygen atoms in total. The molecule has 2 aromatic carbocycles. The molecule has 116 valence electrons. The van der Waals surface area contributed by atoms with E-state index in [9.17, 15) is 9.50 Å². The Hall–Kier alpha value is -1.87. The van der Waals surface area contributed by atoms with Gasteiger partial charge in [0.15, 0.2) is 0 Å². The summed E-state index contributed by atoms with van der Waals surface area (Å²) < 4.78 is 13.3. The first-order valence-electron chi connectivity index (χ1n) is 7.83. The van der Waals surface area contributed by atoms with Crippen LogP contribution in [0.15, 0.2) is 36.4 Å². The van der Waals surface area contributed by atoms with E-state index in [4.69, 9.17) is 0 Å². The zero-order valence-corrected chi connectivity index (χ0v) is 13.1. The lowest BCUT2D eigenvalue weighted by atomic mass is 10.0. The minimum Gasteiger partial charge on any atom is -0.508 e. The van der Waals surface area contributed by atoms with Crippen LogP contribution in [0.2, 0.25) is 0 Å². The molecule has 0 aromatic heterocycles. The molecule has 0 bridgehead atoms. The maximum absolute atomic E-state index is 13.3. The van der Waals surface area contributed by atoms with Crippen molar-refractivity contribution in [1.82, 2.24) is 4.90 Å². The number of halogens is 1. The van der Waals surface area contributed by atoms with Crippen LogP contribution in [0.4, 0.5) is 4.39 Å². The van der Waals surface area contributed by atoms with Crippen molar-refractivity contribution in [3.63, 3.8) is 0 Å². The summed E-state index contributed by atoms with van der Waals surface area (Å²) in [7, 11) is 0. The second kappa shape index (κ2) is 6.09. The molecule has 1 atom stereocenters. The first kappa shape index (κ1) is 15.0. The number of phenols is 1. The number of hydrogen-bond acceptors (Lipinski definition) is 2. The summed E-state index contributed by atoms with van der Waals surface area (Å²) in [5, 5.41) is 9.58. The van der Waals surface area contributed by atoms with Gasteiger partial charge in [0, 0.05) is 19.1 Å². The summed E-state index contributed by atoms with van der Waals surface area (Å²) in [6.07, 6.45) is 2.05. The molecule has 0 amide bonds. The van der Waals surface area contributed by atoms with Crippen LogP contribution >= 0.6 is 0 Å². The summed E-state index contributed by atoms with van der Waals surface area (Å²) in [5.74, 6) is 0.210. The van der Waals surface area contributed by atoms with Gasteiger partial charge in [-0.25, -0.2) is 4.39 Å². The molecule has 22 heavy (non-hydrogen) atoms. The third-order valence-electron chi connectivity index (χ3n) is 4.65. The van der Waals surface area contributed by atoms with Gasteiger partial charge in [0.05, 0.1) is 0 Å². The molecule has 0 aliphatic carbocycles. The minimum absolute atomic E-state index is 0.146. The van der Waals surface area contributed by atoms with E-state index in [1.54, 1.807) is 18.2 Å². The van der Waals surface area contributed by atoms with Gasteiger partial charge in [-0.2, -0.15) is 0 Å². The molecule has 0 spiro atoms. The van der Waals surface area contributed by atoms with Gasteiger partial charge in [0.2, 0.25) is 0 Å². The molecule has 0 fully saturated rings. The highest BCUT2D eigenvalue weighted by Gasteiger charge is 2.23. The topological polar surface area (TPSA) is 23.5 Å². The van der Waals surface area contributed by atoms with Crippen molar-refractivity contribution in [2.75, 3.05) is 0 Å². The predicted octanol–water partition coefficient (Wildman–Crippen LogP) is 4.18. The van der Waals surface area contributed by atoms with Gasteiger partial charge in [-0.05, 0) is 67.1 Å². The maximum Gasteiger partial charge on any atom is 0.123 e. The van der Waals surface area contributed by atoms with Gasteiger partial charge in [-0.1, -0.05) is 18.2 Å². The summed E-state index contributed by atoms with van der Waals surface area (Å²) >= 11 is 0. The van der Waals surface area contributed by atoms with E-state index in [1.807, 2.05) is 19.1 Å². The van der Waals surface area contributed by atoms with Crippen molar-refractivity contribution in [2.24, 2.45) is 0 Å². The molecule has 0 saturated heterocycles. The molecular weight excluding hydrogens is 277 g/mol. The maximum atomic E-state index is 13.3. The third kappa shape index (κ3) is 3.14. The molecule has 3 heteroatoms. The number of aromatic hydroxyl groups is 1. The fraction of sp³-hybridized carbons (Fsp3) is 0.368. The zero-order valence-electron chi connectivity index (χ0n) is 13.1. The first-order chi connectivity index (χ1) is 10.5. The Morgan fingerprint density at radius 1 is 1.14 bits per heavy atom. The SMILES string of the molecule is Cc1cc(CC[C@@H](C)N2Cc3ccc(F)cc3C2)ccc1O. The van der Waals surface area contributed by atoms with E-state index in [1.165, 1.54) is 11.1 Å². The zero-order chi connectivity index (χ0) is 15.7. The highest BCUT2D eigenvalue weighted by molar-refractivity contribution is 5.35. The lowest BCUT2D eigenvalue weighted by Gasteiger charge is -2.23. The van der Waals surface area contributed by atoms with Gasteiger partial charge in [0.25, 0.3) is 0 Å². The summed E-state index contributed by atoms with van der Waals surface area (Å²) in [6.45, 7) is 5.90. The molecule has 0 unspecified atom stereocenters. The number of hydrogen-bond donors (Lipinski definition) is 1. The van der Waals surface area contributed by atoms with Crippen molar-refractivity contribution >= 4 is 0 Å². The fourth-order valence-corrected chi connectivity index (χ4v) is 3.13. The Balaban J connectivity index is 1.59. The van der Waals surface area contributed by atoms with Gasteiger partial charge in [-0.15, -0.1) is 0 Å². The van der Waals surface area contributed by atoms with Crippen molar-refractivity contribution < 1.29 is 9.50 Å². The largest absolute Gasteiger partial charge is 0.508 e. The normalized spacial score (nSPS) is 15.8. The third-order valence-corrected chi connectivity index (χ3v) is 4.65. The molecular formula is C19H22FNO. The highest BCUT2D eigenvalue weighted by Crippen LogP contribution is 2.27. The van der Waals surface area contributed by atoms with E-state index >= 15 is 0 Å². The van der Waals surface area contributed by atoms with Crippen LogP contribution in [-0.4, -0.2) is 16.0 Å². The first-order valence-corrected chi connectivity index (χ1v) is 7.83. The lowest BCUT2D eigenvalue weighted by molar-refractivity contribution is 0.203. The second-order valence-corrected chi connectivity index (χ2v) is 6.33. The number of rotatable bonds is 4. The molecule has 1 N–H and O–H groups in total. The average molecular weight is 299 g/mol. The van der Waals surface area contributed by atoms with E-state index < -0.39 is 0 Å². The van der Waals surface area contributed by atoms with Crippen LogP contribution in [0.1, 0.15) is 35.6 Å². The van der Waals surface area contributed by atoms with Crippen molar-refractivity contribution in [3.8, 4) is 5.75 Å². The minimum atomic E-state index is -0.146. The average Bonchev–Trinajstić information content (AvgIpc) is 2.91. The molecule has 2 aromatic rings. The number of nitrogens with zero attached hydrogens (tertiary/aromatic N) is 1. The van der Waals surface area contributed by atoms with E-state index in [0.29, 0.717) is 11.8 Å². The molecule has 0 saturated carbocycles. The van der Waals surface area contributed by atoms with Crippen LogP contribution in [-0.2, 0) is 19.5 Å². The van der Waals surface area contributed by atoms with Gasteiger partial charge in [0.1, 0.15) is 11.6 Å². The van der Waals surface area contributed by atoms with Crippen LogP contribution in [0.25, 0.3) is 0 Å². The Morgan fingerprint density at radius 3 is 2.68 bits per heavy atom. The van der Waals surface area contributed by atoms with E-state index in [-0.39, 0.29) is 5.82 Å². The molecule has 1 heterocycles. The Bertz CT molecular complexity index is 683. The number of fused-ring (bicyclic) bond motifs is 1. The van der Waals surface area contributed by atoms with Crippen molar-refractivity contribution in [1.29, 1.82) is 0 Å². The van der Waals surface area contributed by atoms with Gasteiger partial charge < -0.3 is 5.11 Å². The summed E-state index contributed by atoms with van der Waals surface area (Å²) in [6, 6.07) is 11.4. The fourth-order valence-electron chi connectivity index (χ4n) is 3.13. The van der Waals surface area contributed by atoms with Crippen molar-refractivity contribution in [3.05, 3.63) is 64.5 Å². The predicted molar refractivity (Wildman–Crippen MR) is 86.3 cm³/mol. The van der Waals surface area contributed by atoms with Crippen LogP contribution in [0.3, 0.4) is 0 Å². The van der Waals surface area contributed by atoms with Gasteiger partial charge in [-0.3, -0.25) is 4.90 Å². The molecule has 1 aliphatic rings. The quantitative estimate of drug-likeness (QED) is 0.915. The molecule has 3 rings (SSSR count). The number of phenolic OH excluding ortho intramolecular Hbond substituents is 1. The number of benzene rings is 2. The van der Waals surface area contributed by atoms with Crippen LogP contribution < -0.4 is 0 Å². The van der Waals surface area contributed by atoms with Crippen molar-refractivity contribution in [2.45, 2.75) is 45.8 Å². The van der Waals surface area contributed by atoms with E-state index in [2.05, 4.69) is 17.9 Å². The highest BCUT2D eigenvalue weighted by atomic mass is 19.1. The van der Waals surface area contributed by atoms with Gasteiger partial charge >= 0.3 is 0 Å². The summed E-state index contributed by atoms with van der Waals surface area (Å²) in [5.41, 5.74) is 4.54. The van der Waals surface area contributed by atoms with E-state index in [0.717, 1.165) is 37.1 Å². The molecule has 1 aliphatic heterocycles. The standard InChI is InChI=1S/C19H22FNO/c1-13-9-15(5-8-19(13)22)4-3-14(2)21-11-16-6-7-18(20)10-17(16)12-21/h5-10,14,22H,3-4,11-12H2,1-2H3/t14-/m1/s1. The summed E-state index contributed by atoms with van der Waals surface area (Å²) in [4.78, 5) is 2.40. The molecule has 0 radical (unpaired) electrons. The number of aryl methyl sites for hydroxylation is 2. The second-order valence-electron chi connectivity index (χ2n) is 6.33. The Kier molecular flexibility index (Phi) is 4.16. The Labute approximate surface area is 131 Å². The van der Waals surface area contributed by atoms with Crippen LogP contribution in [0, 0.1) is 12.7 Å². The lowest BCUT2D eigenvalue weighted by Crippen LogP contribution is -2.28.